The Morgan fingerprint density at radius 3 is 2.04 bits per heavy atom. The van der Waals surface area contributed by atoms with E-state index >= 15 is 0 Å². The Balaban J connectivity index is 1.71. The number of anilines is 1. The number of hydrogen-bond acceptors (Lipinski definition) is 2. The third-order valence-corrected chi connectivity index (χ3v) is 3.74. The summed E-state index contributed by atoms with van der Waals surface area (Å²) in [7, 11) is 0. The van der Waals surface area contributed by atoms with Crippen molar-refractivity contribution < 1.29 is 17.9 Å². The predicted molar refractivity (Wildman–Crippen MR) is 91.6 cm³/mol. The highest BCUT2D eigenvalue weighted by atomic mass is 19.4. The van der Waals surface area contributed by atoms with Crippen molar-refractivity contribution >= 4 is 5.69 Å². The fourth-order valence-corrected chi connectivity index (χ4v) is 2.45. The van der Waals surface area contributed by atoms with Gasteiger partial charge in [-0.2, -0.15) is 13.2 Å². The van der Waals surface area contributed by atoms with Crippen LogP contribution >= 0.6 is 0 Å². The summed E-state index contributed by atoms with van der Waals surface area (Å²) in [4.78, 5) is 0. The van der Waals surface area contributed by atoms with Gasteiger partial charge in [-0.3, -0.25) is 0 Å². The van der Waals surface area contributed by atoms with Crippen LogP contribution in [0.25, 0.3) is 0 Å². The predicted octanol–water partition coefficient (Wildman–Crippen LogP) is 5.67. The summed E-state index contributed by atoms with van der Waals surface area (Å²) in [5.74, 6) is 0.715. The van der Waals surface area contributed by atoms with Gasteiger partial charge in [0.2, 0.25) is 0 Å². The molecule has 0 aliphatic carbocycles. The van der Waals surface area contributed by atoms with Gasteiger partial charge in [-0.15, -0.1) is 0 Å². The molecule has 25 heavy (non-hydrogen) atoms. The van der Waals surface area contributed by atoms with E-state index in [-0.39, 0.29) is 11.4 Å². The van der Waals surface area contributed by atoms with Crippen molar-refractivity contribution in [2.24, 2.45) is 0 Å². The minimum absolute atomic E-state index is 0.0526. The Morgan fingerprint density at radius 2 is 1.44 bits per heavy atom. The maximum atomic E-state index is 12.7. The normalized spacial score (nSPS) is 11.3. The monoisotopic (exact) mass is 343 g/mol. The lowest BCUT2D eigenvalue weighted by Gasteiger charge is -2.12. The van der Waals surface area contributed by atoms with Gasteiger partial charge in [0.25, 0.3) is 0 Å². The van der Waals surface area contributed by atoms with Crippen molar-refractivity contribution in [3.8, 4) is 11.5 Å². The molecule has 3 aromatic rings. The molecule has 0 saturated carbocycles. The van der Waals surface area contributed by atoms with E-state index in [0.29, 0.717) is 5.75 Å². The summed E-state index contributed by atoms with van der Waals surface area (Å²) < 4.78 is 43.6. The lowest BCUT2D eigenvalue weighted by atomic mass is 10.1. The topological polar surface area (TPSA) is 35.2 Å². The number of ether oxygens (including phenoxy) is 1. The highest BCUT2D eigenvalue weighted by Crippen LogP contribution is 2.35. The minimum Gasteiger partial charge on any atom is -0.455 e. The Hall–Kier alpha value is -2.95. The van der Waals surface area contributed by atoms with E-state index in [1.54, 1.807) is 12.1 Å². The zero-order chi connectivity index (χ0) is 17.9. The van der Waals surface area contributed by atoms with Gasteiger partial charge in [0.15, 0.2) is 0 Å². The zero-order valence-electron chi connectivity index (χ0n) is 13.3. The van der Waals surface area contributed by atoms with E-state index in [2.05, 4.69) is 0 Å². The maximum Gasteiger partial charge on any atom is 0.416 e. The number of nitrogen functional groups attached to an aromatic ring is 1. The maximum absolute atomic E-state index is 12.7. The van der Waals surface area contributed by atoms with E-state index in [1.165, 1.54) is 11.6 Å². The van der Waals surface area contributed by atoms with Crippen LogP contribution in [0.2, 0.25) is 0 Å². The molecular formula is C20H16F3NO. The largest absolute Gasteiger partial charge is 0.455 e. The molecular weight excluding hydrogens is 327 g/mol. The molecule has 0 atom stereocenters. The summed E-state index contributed by atoms with van der Waals surface area (Å²) in [6.07, 6.45) is -3.63. The Labute approximate surface area is 143 Å². The molecule has 0 fully saturated rings. The molecule has 0 radical (unpaired) electrons. The molecule has 0 aliphatic heterocycles. The molecule has 5 heteroatoms. The van der Waals surface area contributed by atoms with Gasteiger partial charge >= 0.3 is 6.18 Å². The lowest BCUT2D eigenvalue weighted by molar-refractivity contribution is -0.137. The van der Waals surface area contributed by atoms with Gasteiger partial charge < -0.3 is 10.5 Å². The molecule has 0 bridgehead atoms. The summed E-state index contributed by atoms with van der Waals surface area (Å²) in [5.41, 5.74) is 7.13. The first-order valence-electron chi connectivity index (χ1n) is 7.69. The van der Waals surface area contributed by atoms with Crippen molar-refractivity contribution in [2.45, 2.75) is 12.6 Å². The SMILES string of the molecule is Nc1cc(C(F)(F)F)ccc1Oc1ccc(Cc2ccccc2)cc1. The molecule has 2 N–H and O–H groups in total. The van der Waals surface area contributed by atoms with E-state index in [4.69, 9.17) is 10.5 Å². The Kier molecular flexibility index (Phi) is 4.65. The van der Waals surface area contributed by atoms with Crippen LogP contribution in [-0.4, -0.2) is 0 Å². The summed E-state index contributed by atoms with van der Waals surface area (Å²) >= 11 is 0. The number of rotatable bonds is 4. The zero-order valence-corrected chi connectivity index (χ0v) is 13.3. The van der Waals surface area contributed by atoms with Crippen molar-refractivity contribution in [1.82, 2.24) is 0 Å². The van der Waals surface area contributed by atoms with Gasteiger partial charge in [0.05, 0.1) is 11.3 Å². The van der Waals surface area contributed by atoms with Crippen molar-refractivity contribution in [1.29, 1.82) is 0 Å². The molecule has 3 aromatic carbocycles. The van der Waals surface area contributed by atoms with Crippen molar-refractivity contribution in [3.05, 3.63) is 89.5 Å². The third kappa shape index (κ3) is 4.32. The first-order chi connectivity index (χ1) is 11.9. The van der Waals surface area contributed by atoms with Gasteiger partial charge in [0, 0.05) is 0 Å². The second kappa shape index (κ2) is 6.89. The summed E-state index contributed by atoms with van der Waals surface area (Å²) in [5, 5.41) is 0. The van der Waals surface area contributed by atoms with Crippen LogP contribution in [-0.2, 0) is 12.6 Å². The van der Waals surface area contributed by atoms with E-state index in [0.717, 1.165) is 24.1 Å². The Bertz CT molecular complexity index is 843. The van der Waals surface area contributed by atoms with Gasteiger partial charge in [-0.1, -0.05) is 42.5 Å². The van der Waals surface area contributed by atoms with Crippen LogP contribution in [0.5, 0.6) is 11.5 Å². The van der Waals surface area contributed by atoms with Gasteiger partial charge in [0.1, 0.15) is 11.5 Å². The molecule has 3 rings (SSSR count). The number of benzene rings is 3. The molecule has 0 amide bonds. The second-order valence-corrected chi connectivity index (χ2v) is 5.66. The average Bonchev–Trinajstić information content (AvgIpc) is 2.58. The molecule has 0 heterocycles. The molecule has 128 valence electrons. The molecule has 2 nitrogen and oxygen atoms in total. The number of nitrogens with two attached hydrogens (primary N) is 1. The molecule has 0 aliphatic rings. The lowest BCUT2D eigenvalue weighted by Crippen LogP contribution is -2.06. The minimum atomic E-state index is -4.42. The third-order valence-electron chi connectivity index (χ3n) is 3.74. The van der Waals surface area contributed by atoms with Gasteiger partial charge in [-0.25, -0.2) is 0 Å². The van der Waals surface area contributed by atoms with Gasteiger partial charge in [-0.05, 0) is 47.9 Å². The Morgan fingerprint density at radius 1 is 0.800 bits per heavy atom. The quantitative estimate of drug-likeness (QED) is 0.619. The van der Waals surface area contributed by atoms with Crippen LogP contribution in [0.4, 0.5) is 18.9 Å². The van der Waals surface area contributed by atoms with Crippen LogP contribution in [0.3, 0.4) is 0 Å². The number of halogens is 3. The highest BCUT2D eigenvalue weighted by Gasteiger charge is 2.30. The van der Waals surface area contributed by atoms with Crippen LogP contribution in [0.15, 0.2) is 72.8 Å². The molecule has 0 unspecified atom stereocenters. The average molecular weight is 343 g/mol. The summed E-state index contributed by atoms with van der Waals surface area (Å²) in [6.45, 7) is 0. The molecule has 0 saturated heterocycles. The number of alkyl halides is 3. The van der Waals surface area contributed by atoms with Crippen molar-refractivity contribution in [2.75, 3.05) is 5.73 Å². The first kappa shape index (κ1) is 16.9. The van der Waals surface area contributed by atoms with Crippen LogP contribution in [0.1, 0.15) is 16.7 Å². The first-order valence-corrected chi connectivity index (χ1v) is 7.69. The van der Waals surface area contributed by atoms with Crippen LogP contribution < -0.4 is 10.5 Å². The highest BCUT2D eigenvalue weighted by molar-refractivity contribution is 5.56. The number of hydrogen-bond donors (Lipinski definition) is 1. The van der Waals surface area contributed by atoms with E-state index in [9.17, 15) is 13.2 Å². The van der Waals surface area contributed by atoms with Crippen molar-refractivity contribution in [3.63, 3.8) is 0 Å². The summed E-state index contributed by atoms with van der Waals surface area (Å²) in [6, 6.07) is 20.5. The van der Waals surface area contributed by atoms with E-state index < -0.39 is 11.7 Å². The standard InChI is InChI=1S/C20H16F3NO/c21-20(22,23)16-8-11-19(18(24)13-16)25-17-9-6-15(7-10-17)12-14-4-2-1-3-5-14/h1-11,13H,12,24H2. The fourth-order valence-electron chi connectivity index (χ4n) is 2.45. The molecule has 0 aromatic heterocycles. The fraction of sp³-hybridized carbons (Fsp3) is 0.100. The molecule has 0 spiro atoms. The smallest absolute Gasteiger partial charge is 0.416 e. The van der Waals surface area contributed by atoms with Crippen LogP contribution in [0, 0.1) is 0 Å². The second-order valence-electron chi connectivity index (χ2n) is 5.66. The van der Waals surface area contributed by atoms with E-state index in [1.807, 2.05) is 42.5 Å².